The molecule has 2 aliphatic heterocycles. The highest BCUT2D eigenvalue weighted by atomic mass is 19.4. The van der Waals surface area contributed by atoms with Crippen molar-refractivity contribution < 1.29 is 18.0 Å². The number of benzene rings is 1. The lowest BCUT2D eigenvalue weighted by Gasteiger charge is -2.39. The fourth-order valence-corrected chi connectivity index (χ4v) is 5.26. The minimum atomic E-state index is -4.64. The van der Waals surface area contributed by atoms with Crippen LogP contribution in [0.3, 0.4) is 0 Å². The lowest BCUT2D eigenvalue weighted by molar-refractivity contribution is -0.137. The highest BCUT2D eigenvalue weighted by molar-refractivity contribution is 5.86. The van der Waals surface area contributed by atoms with Crippen LogP contribution >= 0.6 is 0 Å². The molecule has 35 heavy (non-hydrogen) atoms. The number of likely N-dealkylation sites (N-methyl/N-ethyl adjacent to an activating group) is 1. The standard InChI is InChI=1S/C26H30F3N5O/c1-18-4-6-20(31-15-18)16-33-10-8-25(9-11-33)13-23(24(35)32(2)3)34(17-25)21-7-5-19(14-30)22(12-21)26(27,28)29/h4-7,12,15,23H,8-11,13,16-17H2,1-3H3. The third kappa shape index (κ3) is 5.27. The van der Waals surface area contributed by atoms with Crippen LogP contribution in [0.5, 0.6) is 0 Å². The van der Waals surface area contributed by atoms with Crippen LogP contribution in [0.15, 0.2) is 36.5 Å². The maximum Gasteiger partial charge on any atom is 0.417 e. The fourth-order valence-electron chi connectivity index (χ4n) is 5.26. The molecule has 0 N–H and O–H groups in total. The summed E-state index contributed by atoms with van der Waals surface area (Å²) < 4.78 is 40.9. The average Bonchev–Trinajstić information content (AvgIpc) is 3.19. The van der Waals surface area contributed by atoms with Crippen LogP contribution in [0, 0.1) is 23.7 Å². The van der Waals surface area contributed by atoms with Crippen LogP contribution in [-0.2, 0) is 17.5 Å². The average molecular weight is 486 g/mol. The predicted molar refractivity (Wildman–Crippen MR) is 127 cm³/mol. The largest absolute Gasteiger partial charge is 0.417 e. The molecule has 2 fully saturated rings. The number of anilines is 1. The first-order valence-corrected chi connectivity index (χ1v) is 11.7. The molecule has 1 aromatic heterocycles. The summed E-state index contributed by atoms with van der Waals surface area (Å²) in [6.45, 7) is 4.95. The van der Waals surface area contributed by atoms with E-state index in [1.165, 1.54) is 17.0 Å². The number of hydrogen-bond acceptors (Lipinski definition) is 5. The Labute approximate surface area is 204 Å². The number of nitriles is 1. The van der Waals surface area contributed by atoms with Crippen molar-refractivity contribution in [3.05, 3.63) is 58.9 Å². The second-order valence-corrected chi connectivity index (χ2v) is 10.0. The van der Waals surface area contributed by atoms with E-state index in [9.17, 15) is 18.0 Å². The zero-order valence-corrected chi connectivity index (χ0v) is 20.3. The van der Waals surface area contributed by atoms with Gasteiger partial charge in [0.25, 0.3) is 0 Å². The van der Waals surface area contributed by atoms with Crippen molar-refractivity contribution in [3.8, 4) is 6.07 Å². The van der Waals surface area contributed by atoms with E-state index < -0.39 is 23.3 Å². The van der Waals surface area contributed by atoms with Gasteiger partial charge in [0, 0.05) is 39.1 Å². The summed E-state index contributed by atoms with van der Waals surface area (Å²) in [6.07, 6.45) is -0.472. The SMILES string of the molecule is Cc1ccc(CN2CCC3(CC2)CC(C(=O)N(C)C)N(c2ccc(C#N)c(C(F)(F)F)c2)C3)nc1. The minimum Gasteiger partial charge on any atom is -0.359 e. The molecule has 1 amide bonds. The third-order valence-corrected chi connectivity index (χ3v) is 7.27. The highest BCUT2D eigenvalue weighted by Gasteiger charge is 2.49. The van der Waals surface area contributed by atoms with E-state index in [1.54, 1.807) is 20.2 Å². The van der Waals surface area contributed by atoms with Crippen LogP contribution in [0.2, 0.25) is 0 Å². The maximum atomic E-state index is 13.6. The predicted octanol–water partition coefficient (Wildman–Crippen LogP) is 4.23. The zero-order valence-electron chi connectivity index (χ0n) is 20.3. The number of pyridine rings is 1. The van der Waals surface area contributed by atoms with Crippen LogP contribution in [0.25, 0.3) is 0 Å². The summed E-state index contributed by atoms with van der Waals surface area (Å²) >= 11 is 0. The summed E-state index contributed by atoms with van der Waals surface area (Å²) in [6, 6.07) is 8.93. The Morgan fingerprint density at radius 3 is 2.51 bits per heavy atom. The number of aryl methyl sites for hydroxylation is 1. The number of aromatic nitrogens is 1. The summed E-state index contributed by atoms with van der Waals surface area (Å²) in [5, 5.41) is 9.16. The van der Waals surface area contributed by atoms with Gasteiger partial charge in [0.15, 0.2) is 0 Å². The van der Waals surface area contributed by atoms with Gasteiger partial charge in [-0.15, -0.1) is 0 Å². The number of amides is 1. The van der Waals surface area contributed by atoms with Crippen molar-refractivity contribution in [3.63, 3.8) is 0 Å². The second kappa shape index (κ2) is 9.50. The molecule has 1 aromatic carbocycles. The van der Waals surface area contributed by atoms with Crippen LogP contribution in [-0.4, -0.2) is 60.5 Å². The Balaban J connectivity index is 1.56. The summed E-state index contributed by atoms with van der Waals surface area (Å²) in [7, 11) is 3.34. The smallest absolute Gasteiger partial charge is 0.359 e. The minimum absolute atomic E-state index is 0.119. The van der Waals surface area contributed by atoms with E-state index in [1.807, 2.05) is 30.2 Å². The van der Waals surface area contributed by atoms with Gasteiger partial charge in [0.05, 0.1) is 22.9 Å². The van der Waals surface area contributed by atoms with Gasteiger partial charge in [-0.1, -0.05) is 6.07 Å². The number of carbonyl (C=O) groups is 1. The lowest BCUT2D eigenvalue weighted by atomic mass is 9.76. The van der Waals surface area contributed by atoms with Gasteiger partial charge in [-0.3, -0.25) is 14.7 Å². The van der Waals surface area contributed by atoms with Gasteiger partial charge in [-0.25, -0.2) is 0 Å². The topological polar surface area (TPSA) is 63.5 Å². The van der Waals surface area contributed by atoms with E-state index in [4.69, 9.17) is 5.26 Å². The Kier molecular flexibility index (Phi) is 6.78. The number of halogens is 3. The van der Waals surface area contributed by atoms with Crippen molar-refractivity contribution in [2.75, 3.05) is 38.6 Å². The summed E-state index contributed by atoms with van der Waals surface area (Å²) in [4.78, 5) is 23.2. The van der Waals surface area contributed by atoms with E-state index >= 15 is 0 Å². The van der Waals surface area contributed by atoms with Crippen LogP contribution in [0.1, 0.15) is 41.6 Å². The van der Waals surface area contributed by atoms with Crippen molar-refractivity contribution in [1.82, 2.24) is 14.8 Å². The Morgan fingerprint density at radius 1 is 1.23 bits per heavy atom. The monoisotopic (exact) mass is 485 g/mol. The molecule has 1 spiro atoms. The third-order valence-electron chi connectivity index (χ3n) is 7.27. The molecule has 0 radical (unpaired) electrons. The Morgan fingerprint density at radius 2 is 1.94 bits per heavy atom. The van der Waals surface area contributed by atoms with Crippen molar-refractivity contribution in [2.45, 2.75) is 44.9 Å². The molecule has 1 atom stereocenters. The molecular formula is C26H30F3N5O. The first kappa shape index (κ1) is 25.0. The molecule has 186 valence electrons. The fraction of sp³-hybridized carbons (Fsp3) is 0.500. The van der Waals surface area contributed by atoms with Crippen LogP contribution in [0.4, 0.5) is 18.9 Å². The van der Waals surface area contributed by atoms with Crippen molar-refractivity contribution in [1.29, 1.82) is 5.26 Å². The van der Waals surface area contributed by atoms with Gasteiger partial charge in [0.1, 0.15) is 6.04 Å². The van der Waals surface area contributed by atoms with Gasteiger partial charge >= 0.3 is 6.18 Å². The number of alkyl halides is 3. The summed E-state index contributed by atoms with van der Waals surface area (Å²) in [5.74, 6) is -0.119. The van der Waals surface area contributed by atoms with Gasteiger partial charge in [-0.05, 0) is 74.5 Å². The first-order valence-electron chi connectivity index (χ1n) is 11.7. The molecule has 3 heterocycles. The van der Waals surface area contributed by atoms with E-state index in [0.29, 0.717) is 18.7 Å². The first-order chi connectivity index (χ1) is 16.5. The molecule has 4 rings (SSSR count). The van der Waals surface area contributed by atoms with Gasteiger partial charge in [0.2, 0.25) is 5.91 Å². The normalized spacial score (nSPS) is 20.1. The number of piperidine rings is 1. The zero-order chi connectivity index (χ0) is 25.4. The Bertz CT molecular complexity index is 1120. The molecular weight excluding hydrogens is 455 g/mol. The number of rotatable bonds is 4. The molecule has 2 saturated heterocycles. The summed E-state index contributed by atoms with van der Waals surface area (Å²) in [5.41, 5.74) is 0.932. The maximum absolute atomic E-state index is 13.6. The number of nitrogens with zero attached hydrogens (tertiary/aromatic N) is 5. The van der Waals surface area contributed by atoms with Gasteiger partial charge < -0.3 is 9.80 Å². The molecule has 6 nitrogen and oxygen atoms in total. The molecule has 9 heteroatoms. The molecule has 1 unspecified atom stereocenters. The second-order valence-electron chi connectivity index (χ2n) is 10.0. The number of likely N-dealkylation sites (tertiary alicyclic amines) is 1. The number of hydrogen-bond donors (Lipinski definition) is 0. The number of carbonyl (C=O) groups excluding carboxylic acids is 1. The molecule has 0 saturated carbocycles. The van der Waals surface area contributed by atoms with E-state index in [2.05, 4.69) is 9.88 Å². The Hall–Kier alpha value is -3.12. The van der Waals surface area contributed by atoms with Crippen LogP contribution < -0.4 is 4.90 Å². The van der Waals surface area contributed by atoms with Crippen molar-refractivity contribution in [2.24, 2.45) is 5.41 Å². The van der Waals surface area contributed by atoms with E-state index in [-0.39, 0.29) is 11.3 Å². The molecule has 0 bridgehead atoms. The van der Waals surface area contributed by atoms with E-state index in [0.717, 1.165) is 49.8 Å². The molecule has 2 aromatic rings. The highest BCUT2D eigenvalue weighted by Crippen LogP contribution is 2.46. The van der Waals surface area contributed by atoms with Gasteiger partial charge in [-0.2, -0.15) is 18.4 Å². The van der Waals surface area contributed by atoms with Crippen molar-refractivity contribution >= 4 is 11.6 Å². The molecule has 2 aliphatic rings. The molecule has 0 aliphatic carbocycles. The quantitative estimate of drug-likeness (QED) is 0.649. The lowest BCUT2D eigenvalue weighted by Crippen LogP contribution is -2.43.